The predicted molar refractivity (Wildman–Crippen MR) is 65.5 cm³/mol. The standard InChI is InChI=1S/C14H17NO/c1-9-10(2)15(3)13-5-4-11(8-12(9)13)14(16)6-7-14/h4-5,8,16H,6-7H2,1-3H3. The molecule has 1 N–H and O–H groups in total. The van der Waals surface area contributed by atoms with Gasteiger partial charge in [0.2, 0.25) is 0 Å². The van der Waals surface area contributed by atoms with Crippen molar-refractivity contribution in [2.24, 2.45) is 7.05 Å². The maximum absolute atomic E-state index is 10.1. The molecule has 0 aliphatic heterocycles. The van der Waals surface area contributed by atoms with Gasteiger partial charge in [-0.2, -0.15) is 0 Å². The second-order valence-electron chi connectivity index (χ2n) is 5.03. The minimum atomic E-state index is -0.523. The van der Waals surface area contributed by atoms with Crippen LogP contribution < -0.4 is 0 Å². The Morgan fingerprint density at radius 1 is 1.25 bits per heavy atom. The van der Waals surface area contributed by atoms with Crippen molar-refractivity contribution in [2.45, 2.75) is 32.3 Å². The summed E-state index contributed by atoms with van der Waals surface area (Å²) in [7, 11) is 2.09. The molecule has 16 heavy (non-hydrogen) atoms. The number of hydrogen-bond acceptors (Lipinski definition) is 1. The van der Waals surface area contributed by atoms with Crippen molar-refractivity contribution in [1.82, 2.24) is 4.57 Å². The fraction of sp³-hybridized carbons (Fsp3) is 0.429. The quantitative estimate of drug-likeness (QED) is 0.777. The molecule has 2 heteroatoms. The maximum Gasteiger partial charge on any atom is 0.0899 e. The normalized spacial score (nSPS) is 18.0. The molecule has 0 amide bonds. The Kier molecular flexibility index (Phi) is 1.79. The fourth-order valence-corrected chi connectivity index (χ4v) is 2.45. The van der Waals surface area contributed by atoms with Gasteiger partial charge in [0, 0.05) is 23.6 Å². The highest BCUT2D eigenvalue weighted by Crippen LogP contribution is 2.46. The summed E-state index contributed by atoms with van der Waals surface area (Å²) in [6.07, 6.45) is 1.81. The van der Waals surface area contributed by atoms with Crippen LogP contribution >= 0.6 is 0 Å². The topological polar surface area (TPSA) is 25.2 Å². The largest absolute Gasteiger partial charge is 0.385 e. The second kappa shape index (κ2) is 2.89. The Bertz CT molecular complexity index is 576. The molecule has 3 rings (SSSR count). The van der Waals surface area contributed by atoms with Crippen molar-refractivity contribution >= 4 is 10.9 Å². The molecule has 1 aliphatic carbocycles. The number of benzene rings is 1. The first-order chi connectivity index (χ1) is 7.53. The van der Waals surface area contributed by atoms with Gasteiger partial charge in [-0.15, -0.1) is 0 Å². The summed E-state index contributed by atoms with van der Waals surface area (Å²) in [6.45, 7) is 4.29. The van der Waals surface area contributed by atoms with E-state index < -0.39 is 5.60 Å². The molecule has 0 atom stereocenters. The van der Waals surface area contributed by atoms with Crippen LogP contribution in [0.5, 0.6) is 0 Å². The number of hydrogen-bond donors (Lipinski definition) is 1. The van der Waals surface area contributed by atoms with Crippen LogP contribution in [0, 0.1) is 13.8 Å². The third-order valence-electron chi connectivity index (χ3n) is 4.07. The van der Waals surface area contributed by atoms with E-state index in [4.69, 9.17) is 0 Å². The molecule has 1 fully saturated rings. The van der Waals surface area contributed by atoms with E-state index in [0.29, 0.717) is 0 Å². The summed E-state index contributed by atoms with van der Waals surface area (Å²) in [5.74, 6) is 0. The van der Waals surface area contributed by atoms with Gasteiger partial charge >= 0.3 is 0 Å². The summed E-state index contributed by atoms with van der Waals surface area (Å²) in [5, 5.41) is 11.4. The molecule has 2 aromatic rings. The molecule has 0 spiro atoms. The number of rotatable bonds is 1. The monoisotopic (exact) mass is 215 g/mol. The molecule has 0 radical (unpaired) electrons. The van der Waals surface area contributed by atoms with E-state index in [1.165, 1.54) is 22.2 Å². The van der Waals surface area contributed by atoms with Crippen LogP contribution in [0.25, 0.3) is 10.9 Å². The van der Waals surface area contributed by atoms with Crippen molar-refractivity contribution in [3.63, 3.8) is 0 Å². The van der Waals surface area contributed by atoms with Gasteiger partial charge in [-0.3, -0.25) is 0 Å². The van der Waals surface area contributed by atoms with E-state index in [0.717, 1.165) is 18.4 Å². The molecule has 0 bridgehead atoms. The summed E-state index contributed by atoms with van der Waals surface area (Å²) in [4.78, 5) is 0. The Morgan fingerprint density at radius 3 is 2.56 bits per heavy atom. The number of aliphatic hydroxyl groups is 1. The molecular weight excluding hydrogens is 198 g/mol. The van der Waals surface area contributed by atoms with Crippen LogP contribution in [0.4, 0.5) is 0 Å². The highest BCUT2D eigenvalue weighted by atomic mass is 16.3. The molecule has 2 nitrogen and oxygen atoms in total. The zero-order valence-electron chi connectivity index (χ0n) is 10.0. The lowest BCUT2D eigenvalue weighted by Gasteiger charge is -2.08. The molecular formula is C14H17NO. The van der Waals surface area contributed by atoms with Crippen LogP contribution in [0.15, 0.2) is 18.2 Å². The fourth-order valence-electron chi connectivity index (χ4n) is 2.45. The molecule has 84 valence electrons. The first-order valence-corrected chi connectivity index (χ1v) is 5.81. The molecule has 0 saturated heterocycles. The zero-order chi connectivity index (χ0) is 11.5. The average molecular weight is 215 g/mol. The summed E-state index contributed by atoms with van der Waals surface area (Å²) in [6, 6.07) is 6.35. The summed E-state index contributed by atoms with van der Waals surface area (Å²) in [5.41, 5.74) is 4.43. The van der Waals surface area contributed by atoms with Crippen LogP contribution in [0.3, 0.4) is 0 Å². The molecule has 1 aromatic carbocycles. The average Bonchev–Trinajstić information content (AvgIpc) is 3.00. The van der Waals surface area contributed by atoms with Crippen molar-refractivity contribution < 1.29 is 5.11 Å². The minimum Gasteiger partial charge on any atom is -0.385 e. The zero-order valence-corrected chi connectivity index (χ0v) is 10.0. The van der Waals surface area contributed by atoms with E-state index in [-0.39, 0.29) is 0 Å². The summed E-state index contributed by atoms with van der Waals surface area (Å²) < 4.78 is 2.21. The lowest BCUT2D eigenvalue weighted by atomic mass is 10.0. The van der Waals surface area contributed by atoms with E-state index in [1.54, 1.807) is 0 Å². The Hall–Kier alpha value is -1.28. The van der Waals surface area contributed by atoms with Gasteiger partial charge in [0.15, 0.2) is 0 Å². The molecule has 1 aliphatic rings. The third kappa shape index (κ3) is 1.17. The molecule has 1 saturated carbocycles. The minimum absolute atomic E-state index is 0.523. The highest BCUT2D eigenvalue weighted by molar-refractivity contribution is 5.86. The van der Waals surface area contributed by atoms with Gasteiger partial charge in [-0.25, -0.2) is 0 Å². The Morgan fingerprint density at radius 2 is 1.94 bits per heavy atom. The molecule has 0 unspecified atom stereocenters. The van der Waals surface area contributed by atoms with E-state index in [1.807, 2.05) is 0 Å². The summed E-state index contributed by atoms with van der Waals surface area (Å²) >= 11 is 0. The number of fused-ring (bicyclic) bond motifs is 1. The first kappa shape index (κ1) is 9.91. The van der Waals surface area contributed by atoms with Crippen molar-refractivity contribution in [2.75, 3.05) is 0 Å². The number of aryl methyl sites for hydroxylation is 2. The van der Waals surface area contributed by atoms with Crippen LogP contribution in [0.1, 0.15) is 29.7 Å². The lowest BCUT2D eigenvalue weighted by molar-refractivity contribution is 0.151. The first-order valence-electron chi connectivity index (χ1n) is 5.81. The smallest absolute Gasteiger partial charge is 0.0899 e. The Labute approximate surface area is 95.5 Å². The molecule has 1 heterocycles. The van der Waals surface area contributed by atoms with Crippen LogP contribution in [-0.4, -0.2) is 9.67 Å². The van der Waals surface area contributed by atoms with Gasteiger partial charge in [0.25, 0.3) is 0 Å². The van der Waals surface area contributed by atoms with Gasteiger partial charge < -0.3 is 9.67 Å². The third-order valence-corrected chi connectivity index (χ3v) is 4.07. The SMILES string of the molecule is Cc1c(C)n(C)c2ccc(C3(O)CC3)cc12. The van der Waals surface area contributed by atoms with E-state index in [9.17, 15) is 5.11 Å². The van der Waals surface area contributed by atoms with Crippen molar-refractivity contribution in [1.29, 1.82) is 0 Å². The second-order valence-corrected chi connectivity index (χ2v) is 5.03. The number of nitrogens with zero attached hydrogens (tertiary/aromatic N) is 1. The Balaban J connectivity index is 2.29. The van der Waals surface area contributed by atoms with E-state index in [2.05, 4.69) is 43.7 Å². The van der Waals surface area contributed by atoms with Gasteiger partial charge in [0.1, 0.15) is 0 Å². The highest BCUT2D eigenvalue weighted by Gasteiger charge is 2.42. The molecule has 1 aromatic heterocycles. The van der Waals surface area contributed by atoms with Crippen molar-refractivity contribution in [3.8, 4) is 0 Å². The van der Waals surface area contributed by atoms with Gasteiger partial charge in [-0.05, 0) is 49.9 Å². The van der Waals surface area contributed by atoms with Crippen LogP contribution in [-0.2, 0) is 12.6 Å². The van der Waals surface area contributed by atoms with Gasteiger partial charge in [-0.1, -0.05) is 6.07 Å². The van der Waals surface area contributed by atoms with Crippen LogP contribution in [0.2, 0.25) is 0 Å². The van der Waals surface area contributed by atoms with E-state index >= 15 is 0 Å². The predicted octanol–water partition coefficient (Wildman–Crippen LogP) is 2.78. The number of aromatic nitrogens is 1. The van der Waals surface area contributed by atoms with Crippen molar-refractivity contribution in [3.05, 3.63) is 35.0 Å². The van der Waals surface area contributed by atoms with Gasteiger partial charge in [0.05, 0.1) is 5.60 Å². The lowest BCUT2D eigenvalue weighted by Crippen LogP contribution is -2.03. The maximum atomic E-state index is 10.1.